The summed E-state index contributed by atoms with van der Waals surface area (Å²) in [6, 6.07) is 8.53. The van der Waals surface area contributed by atoms with Gasteiger partial charge in [-0.25, -0.2) is 0 Å². The van der Waals surface area contributed by atoms with Gasteiger partial charge in [-0.15, -0.1) is 11.8 Å². The lowest BCUT2D eigenvalue weighted by atomic mass is 9.89. The quantitative estimate of drug-likeness (QED) is 0.854. The molecule has 4 heteroatoms. The standard InChI is InChI=1S/C14H19NO2S/c1-10-3-2-4-11(5-10)8-18-9-14(17)15-12-6-13(16)7-12/h2-5,12-13,16H,6-9H2,1H3,(H,15,17). The molecule has 0 heterocycles. The molecule has 0 unspecified atom stereocenters. The van der Waals surface area contributed by atoms with Gasteiger partial charge in [-0.1, -0.05) is 29.8 Å². The highest BCUT2D eigenvalue weighted by molar-refractivity contribution is 7.99. The number of carbonyl (C=O) groups excluding carboxylic acids is 1. The van der Waals surface area contributed by atoms with Gasteiger partial charge in [-0.2, -0.15) is 0 Å². The first-order valence-corrected chi connectivity index (χ1v) is 7.39. The van der Waals surface area contributed by atoms with E-state index in [9.17, 15) is 4.79 Å². The number of benzene rings is 1. The third kappa shape index (κ3) is 4.03. The second-order valence-electron chi connectivity index (χ2n) is 4.87. The van der Waals surface area contributed by atoms with E-state index in [2.05, 4.69) is 30.4 Å². The SMILES string of the molecule is Cc1cccc(CSCC(=O)NC2CC(O)C2)c1. The van der Waals surface area contributed by atoms with Gasteiger partial charge in [0.25, 0.3) is 0 Å². The molecule has 1 saturated carbocycles. The zero-order chi connectivity index (χ0) is 13.0. The van der Waals surface area contributed by atoms with E-state index in [1.165, 1.54) is 11.1 Å². The average molecular weight is 265 g/mol. The van der Waals surface area contributed by atoms with Gasteiger partial charge in [-0.3, -0.25) is 4.79 Å². The minimum Gasteiger partial charge on any atom is -0.393 e. The maximum absolute atomic E-state index is 11.6. The summed E-state index contributed by atoms with van der Waals surface area (Å²) in [6.07, 6.45) is 1.19. The van der Waals surface area contributed by atoms with Gasteiger partial charge in [0.05, 0.1) is 11.9 Å². The molecule has 1 aliphatic rings. The normalized spacial score (nSPS) is 22.3. The predicted molar refractivity (Wildman–Crippen MR) is 74.5 cm³/mol. The summed E-state index contributed by atoms with van der Waals surface area (Å²) in [5.74, 6) is 1.42. The van der Waals surface area contributed by atoms with Gasteiger partial charge < -0.3 is 10.4 Å². The first kappa shape index (κ1) is 13.4. The van der Waals surface area contributed by atoms with Crippen LogP contribution in [0, 0.1) is 6.92 Å². The molecular weight excluding hydrogens is 246 g/mol. The first-order chi connectivity index (χ1) is 8.63. The second kappa shape index (κ2) is 6.25. The molecule has 1 aliphatic carbocycles. The molecule has 1 aromatic carbocycles. The van der Waals surface area contributed by atoms with Gasteiger partial charge in [0.2, 0.25) is 5.91 Å². The molecule has 0 saturated heterocycles. The summed E-state index contributed by atoms with van der Waals surface area (Å²) >= 11 is 1.63. The van der Waals surface area contributed by atoms with Crippen molar-refractivity contribution in [2.24, 2.45) is 0 Å². The minimum absolute atomic E-state index is 0.0737. The smallest absolute Gasteiger partial charge is 0.230 e. The van der Waals surface area contributed by atoms with Crippen LogP contribution in [0.3, 0.4) is 0 Å². The van der Waals surface area contributed by atoms with Crippen LogP contribution in [-0.4, -0.2) is 28.9 Å². The van der Waals surface area contributed by atoms with Crippen molar-refractivity contribution in [3.63, 3.8) is 0 Å². The lowest BCUT2D eigenvalue weighted by Gasteiger charge is -2.31. The monoisotopic (exact) mass is 265 g/mol. The Hall–Kier alpha value is -1.00. The summed E-state index contributed by atoms with van der Waals surface area (Å²) in [7, 11) is 0. The third-order valence-electron chi connectivity index (χ3n) is 3.06. The maximum atomic E-state index is 11.6. The topological polar surface area (TPSA) is 49.3 Å². The van der Waals surface area contributed by atoms with E-state index in [1.807, 2.05) is 6.07 Å². The van der Waals surface area contributed by atoms with Crippen molar-refractivity contribution in [3.8, 4) is 0 Å². The fraction of sp³-hybridized carbons (Fsp3) is 0.500. The van der Waals surface area contributed by atoms with Crippen molar-refractivity contribution in [2.45, 2.75) is 37.7 Å². The summed E-state index contributed by atoms with van der Waals surface area (Å²) < 4.78 is 0. The summed E-state index contributed by atoms with van der Waals surface area (Å²) in [4.78, 5) is 11.6. The molecule has 2 N–H and O–H groups in total. The van der Waals surface area contributed by atoms with E-state index >= 15 is 0 Å². The molecule has 0 radical (unpaired) electrons. The van der Waals surface area contributed by atoms with Crippen molar-refractivity contribution in [2.75, 3.05) is 5.75 Å². The number of hydrogen-bond acceptors (Lipinski definition) is 3. The van der Waals surface area contributed by atoms with E-state index < -0.39 is 0 Å². The number of thioether (sulfide) groups is 1. The van der Waals surface area contributed by atoms with E-state index in [4.69, 9.17) is 5.11 Å². The van der Waals surface area contributed by atoms with E-state index in [0.717, 1.165) is 5.75 Å². The van der Waals surface area contributed by atoms with Crippen molar-refractivity contribution < 1.29 is 9.90 Å². The van der Waals surface area contributed by atoms with Crippen molar-refractivity contribution in [1.29, 1.82) is 0 Å². The third-order valence-corrected chi connectivity index (χ3v) is 4.07. The van der Waals surface area contributed by atoms with Crippen LogP contribution in [0.2, 0.25) is 0 Å². The van der Waals surface area contributed by atoms with Crippen molar-refractivity contribution >= 4 is 17.7 Å². The molecule has 3 nitrogen and oxygen atoms in total. The van der Waals surface area contributed by atoms with Gasteiger partial charge in [0, 0.05) is 11.8 Å². The fourth-order valence-electron chi connectivity index (χ4n) is 2.04. The van der Waals surface area contributed by atoms with Crippen LogP contribution in [0.25, 0.3) is 0 Å². The molecule has 1 aromatic rings. The Labute approximate surface area is 112 Å². The molecule has 0 aromatic heterocycles. The molecule has 0 bridgehead atoms. The number of aliphatic hydroxyl groups is 1. The van der Waals surface area contributed by atoms with Gasteiger partial charge in [-0.05, 0) is 25.3 Å². The zero-order valence-corrected chi connectivity index (χ0v) is 11.4. The molecule has 1 amide bonds. The molecule has 0 spiro atoms. The average Bonchev–Trinajstić information content (AvgIpc) is 2.27. The Balaban J connectivity index is 1.64. The summed E-state index contributed by atoms with van der Waals surface area (Å²) in [5.41, 5.74) is 2.51. The Bertz CT molecular complexity index is 416. The number of amides is 1. The van der Waals surface area contributed by atoms with Gasteiger partial charge in [0.1, 0.15) is 0 Å². The van der Waals surface area contributed by atoms with Gasteiger partial charge >= 0.3 is 0 Å². The highest BCUT2D eigenvalue weighted by atomic mass is 32.2. The Morgan fingerprint density at radius 1 is 1.50 bits per heavy atom. The number of aryl methyl sites for hydroxylation is 1. The van der Waals surface area contributed by atoms with Gasteiger partial charge in [0.15, 0.2) is 0 Å². The Kier molecular flexibility index (Phi) is 4.66. The number of aliphatic hydroxyl groups excluding tert-OH is 1. The van der Waals surface area contributed by atoms with Crippen LogP contribution >= 0.6 is 11.8 Å². The lowest BCUT2D eigenvalue weighted by Crippen LogP contribution is -2.47. The van der Waals surface area contributed by atoms with E-state index in [-0.39, 0.29) is 18.1 Å². The number of rotatable bonds is 5. The highest BCUT2D eigenvalue weighted by Crippen LogP contribution is 2.19. The zero-order valence-electron chi connectivity index (χ0n) is 10.6. The van der Waals surface area contributed by atoms with Crippen LogP contribution in [0.1, 0.15) is 24.0 Å². The summed E-state index contributed by atoms with van der Waals surface area (Å²) in [5, 5.41) is 12.1. The van der Waals surface area contributed by atoms with Crippen LogP contribution in [0.15, 0.2) is 24.3 Å². The van der Waals surface area contributed by atoms with Crippen molar-refractivity contribution in [3.05, 3.63) is 35.4 Å². The molecule has 18 heavy (non-hydrogen) atoms. The number of nitrogens with one attached hydrogen (secondary N) is 1. The Morgan fingerprint density at radius 3 is 2.94 bits per heavy atom. The molecular formula is C14H19NO2S. The molecule has 2 rings (SSSR count). The van der Waals surface area contributed by atoms with Crippen LogP contribution < -0.4 is 5.32 Å². The number of hydrogen-bond donors (Lipinski definition) is 2. The molecule has 1 fully saturated rings. The van der Waals surface area contributed by atoms with Crippen molar-refractivity contribution in [1.82, 2.24) is 5.32 Å². The van der Waals surface area contributed by atoms with Crippen LogP contribution in [-0.2, 0) is 10.5 Å². The molecule has 0 atom stereocenters. The lowest BCUT2D eigenvalue weighted by molar-refractivity contribution is -0.120. The van der Waals surface area contributed by atoms with E-state index in [1.54, 1.807) is 11.8 Å². The maximum Gasteiger partial charge on any atom is 0.230 e. The highest BCUT2D eigenvalue weighted by Gasteiger charge is 2.28. The largest absolute Gasteiger partial charge is 0.393 e. The Morgan fingerprint density at radius 2 is 2.28 bits per heavy atom. The van der Waals surface area contributed by atoms with E-state index in [0.29, 0.717) is 18.6 Å². The first-order valence-electron chi connectivity index (χ1n) is 6.24. The number of carbonyl (C=O) groups is 1. The summed E-state index contributed by atoms with van der Waals surface area (Å²) in [6.45, 7) is 2.07. The predicted octanol–water partition coefficient (Wildman–Crippen LogP) is 1.87. The molecule has 0 aliphatic heterocycles. The van der Waals surface area contributed by atoms with Crippen LogP contribution in [0.4, 0.5) is 0 Å². The van der Waals surface area contributed by atoms with Crippen LogP contribution in [0.5, 0.6) is 0 Å². The molecule has 98 valence electrons. The fourth-order valence-corrected chi connectivity index (χ4v) is 2.82. The second-order valence-corrected chi connectivity index (χ2v) is 5.86. The minimum atomic E-state index is -0.213.